The number of nitrogens with one attached hydrogen (secondary N) is 5. The molecule has 0 saturated heterocycles. The number of aromatic hydroxyl groups is 1. The molecule has 1 aromatic heterocycles. The lowest BCUT2D eigenvalue weighted by Gasteiger charge is -2.22. The Bertz CT molecular complexity index is 1540. The summed E-state index contributed by atoms with van der Waals surface area (Å²) < 4.78 is 3.03. The zero-order valence-corrected chi connectivity index (χ0v) is 27.8. The van der Waals surface area contributed by atoms with Gasteiger partial charge in [0.2, 0.25) is 23.6 Å². The number of carboxylic acid groups (broad SMARTS) is 1. The molecule has 7 N–H and O–H groups in total. The Morgan fingerprint density at radius 1 is 0.851 bits per heavy atom. The summed E-state index contributed by atoms with van der Waals surface area (Å²) in [5, 5.41) is 30.4. The number of carbonyl (C=O) groups excluding carboxylic acids is 4. The van der Waals surface area contributed by atoms with Crippen LogP contribution in [0.4, 0.5) is 0 Å². The number of rotatable bonds is 18. The quantitative estimate of drug-likeness (QED) is 0.0719. The highest BCUT2D eigenvalue weighted by molar-refractivity contribution is 7.96. The smallest absolute Gasteiger partial charge is 0.326 e. The van der Waals surface area contributed by atoms with Crippen molar-refractivity contribution in [2.45, 2.75) is 50.6 Å². The van der Waals surface area contributed by atoms with Crippen LogP contribution in [-0.2, 0) is 36.1 Å². The second kappa shape index (κ2) is 18.7. The van der Waals surface area contributed by atoms with E-state index in [1.54, 1.807) is 54.7 Å². The Labute approximate surface area is 282 Å². The van der Waals surface area contributed by atoms with E-state index < -0.39 is 60.8 Å². The van der Waals surface area contributed by atoms with Crippen LogP contribution < -0.4 is 26.0 Å². The van der Waals surface area contributed by atoms with E-state index in [-0.39, 0.29) is 30.3 Å². The summed E-state index contributed by atoms with van der Waals surface area (Å²) in [6, 6.07) is 12.9. The molecule has 0 fully saturated rings. The van der Waals surface area contributed by atoms with Crippen LogP contribution in [0.3, 0.4) is 0 Å². The first-order chi connectivity index (χ1) is 22.5. The molecule has 0 aliphatic heterocycles. The number of nitrogens with zero attached hydrogens (tertiary/aromatic N) is 1. The van der Waals surface area contributed by atoms with Crippen molar-refractivity contribution in [2.75, 3.05) is 18.8 Å². The largest absolute Gasteiger partial charge is 0.506 e. The predicted octanol–water partition coefficient (Wildman–Crippen LogP) is 1.55. The lowest BCUT2D eigenvalue weighted by molar-refractivity contribution is -0.142. The minimum Gasteiger partial charge on any atom is -0.506 e. The summed E-state index contributed by atoms with van der Waals surface area (Å²) in [7, 11) is 0. The molecule has 47 heavy (non-hydrogen) atoms. The van der Waals surface area contributed by atoms with Crippen molar-refractivity contribution in [3.8, 4) is 5.75 Å². The van der Waals surface area contributed by atoms with E-state index in [0.29, 0.717) is 11.3 Å². The van der Waals surface area contributed by atoms with Gasteiger partial charge in [0, 0.05) is 29.5 Å². The molecular weight excluding hydrogens is 645 g/mol. The van der Waals surface area contributed by atoms with Crippen molar-refractivity contribution in [1.82, 2.24) is 31.0 Å². The molecule has 0 saturated carbocycles. The third-order valence-electron chi connectivity index (χ3n) is 6.92. The van der Waals surface area contributed by atoms with Gasteiger partial charge in [-0.1, -0.05) is 68.3 Å². The first-order valence-corrected chi connectivity index (χ1v) is 16.5. The Balaban J connectivity index is 1.48. The highest BCUT2D eigenvalue weighted by Gasteiger charge is 2.27. The number of thiol groups is 1. The molecule has 3 rings (SSSR count). The van der Waals surface area contributed by atoms with Gasteiger partial charge in [-0.15, -0.1) is 0 Å². The number of phenols is 1. The van der Waals surface area contributed by atoms with Crippen molar-refractivity contribution < 1.29 is 34.2 Å². The molecule has 252 valence electrons. The Hall–Kier alpha value is -4.34. The Morgan fingerprint density at radius 3 is 2.26 bits per heavy atom. The molecule has 13 nitrogen and oxygen atoms in total. The SMILES string of the molecule is CC(C)CC(NC(=O)[C@H](Cc1ccccc1)NC(=O)CNC(=O)CNC(=O)C(CS)NSCc1ccc(O)c2ncccc12)C(=O)O. The Morgan fingerprint density at radius 2 is 1.57 bits per heavy atom. The standard InChI is InChI=1S/C32H40N6O7S2/c1-19(2)13-24(32(44)45)37-31(43)23(14-20-7-4-3-5-8-20)36-28(41)16-34-27(40)15-35-30(42)25(17-46)38-47-18-21-10-11-26(39)29-22(21)9-6-12-33-29/h3-12,19,23-25,38-39,46H,13-18H2,1-2H3,(H,34,40)(H,35,42)(H,36,41)(H,37,43)(H,44,45)/t23-,24?,25?/m0/s1. The predicted molar refractivity (Wildman–Crippen MR) is 183 cm³/mol. The highest BCUT2D eigenvalue weighted by Crippen LogP contribution is 2.27. The van der Waals surface area contributed by atoms with Gasteiger partial charge >= 0.3 is 5.97 Å². The van der Waals surface area contributed by atoms with E-state index in [2.05, 4.69) is 43.6 Å². The highest BCUT2D eigenvalue weighted by atomic mass is 32.2. The lowest BCUT2D eigenvalue weighted by atomic mass is 10.0. The van der Waals surface area contributed by atoms with Gasteiger partial charge in [-0.25, -0.2) is 4.79 Å². The number of fused-ring (bicyclic) bond motifs is 1. The summed E-state index contributed by atoms with van der Waals surface area (Å²) in [5.74, 6) is -2.91. The summed E-state index contributed by atoms with van der Waals surface area (Å²) >= 11 is 5.50. The van der Waals surface area contributed by atoms with E-state index in [4.69, 9.17) is 0 Å². The first-order valence-electron chi connectivity index (χ1n) is 14.9. The molecule has 2 unspecified atom stereocenters. The zero-order chi connectivity index (χ0) is 34.3. The lowest BCUT2D eigenvalue weighted by Crippen LogP contribution is -2.54. The molecule has 3 aromatic rings. The number of amides is 4. The average Bonchev–Trinajstić information content (AvgIpc) is 3.05. The average molecular weight is 685 g/mol. The van der Waals surface area contributed by atoms with Crippen LogP contribution in [0.1, 0.15) is 31.4 Å². The second-order valence-corrected chi connectivity index (χ2v) is 12.3. The van der Waals surface area contributed by atoms with Crippen LogP contribution in [0.25, 0.3) is 10.9 Å². The number of phenolic OH excluding ortho intramolecular Hbond substituents is 1. The number of benzene rings is 2. The fourth-order valence-electron chi connectivity index (χ4n) is 4.54. The fourth-order valence-corrected chi connectivity index (χ4v) is 5.80. The maximum Gasteiger partial charge on any atom is 0.326 e. The normalized spacial score (nSPS) is 12.9. The number of hydrogen-bond donors (Lipinski definition) is 8. The minimum atomic E-state index is -1.18. The number of hydrogen-bond acceptors (Lipinski definition) is 10. The summed E-state index contributed by atoms with van der Waals surface area (Å²) in [6.45, 7) is 2.80. The van der Waals surface area contributed by atoms with Gasteiger partial charge in [-0.2, -0.15) is 12.6 Å². The van der Waals surface area contributed by atoms with E-state index in [9.17, 15) is 34.2 Å². The minimum absolute atomic E-state index is 0.0101. The monoisotopic (exact) mass is 684 g/mol. The number of carboxylic acids is 1. The molecule has 4 amide bonds. The van der Waals surface area contributed by atoms with Crippen LogP contribution in [0, 0.1) is 5.92 Å². The van der Waals surface area contributed by atoms with Gasteiger partial charge in [0.25, 0.3) is 0 Å². The van der Waals surface area contributed by atoms with Gasteiger partial charge in [-0.3, -0.25) is 28.9 Å². The second-order valence-electron chi connectivity index (χ2n) is 11.1. The van der Waals surface area contributed by atoms with Crippen molar-refractivity contribution in [1.29, 1.82) is 0 Å². The van der Waals surface area contributed by atoms with Crippen LogP contribution in [-0.4, -0.2) is 81.8 Å². The first kappa shape index (κ1) is 37.1. The van der Waals surface area contributed by atoms with E-state index in [0.717, 1.165) is 16.5 Å². The van der Waals surface area contributed by atoms with Gasteiger partial charge < -0.3 is 31.5 Å². The van der Waals surface area contributed by atoms with E-state index >= 15 is 0 Å². The molecule has 0 bridgehead atoms. The summed E-state index contributed by atoms with van der Waals surface area (Å²) in [6.07, 6.45) is 1.91. The van der Waals surface area contributed by atoms with Gasteiger partial charge in [0.15, 0.2) is 0 Å². The number of carbonyl (C=O) groups is 5. The maximum atomic E-state index is 13.1. The van der Waals surface area contributed by atoms with E-state index in [1.807, 2.05) is 19.9 Å². The van der Waals surface area contributed by atoms with Crippen molar-refractivity contribution in [3.63, 3.8) is 0 Å². The van der Waals surface area contributed by atoms with Crippen LogP contribution in [0.5, 0.6) is 5.75 Å². The van der Waals surface area contributed by atoms with Crippen molar-refractivity contribution >= 4 is 65.1 Å². The molecule has 3 atom stereocenters. The van der Waals surface area contributed by atoms with Crippen molar-refractivity contribution in [2.24, 2.45) is 5.92 Å². The fraction of sp³-hybridized carbons (Fsp3) is 0.375. The van der Waals surface area contributed by atoms with Gasteiger partial charge in [0.05, 0.1) is 13.1 Å². The number of aliphatic carboxylic acids is 1. The molecular formula is C32H40N6O7S2. The van der Waals surface area contributed by atoms with Gasteiger partial charge in [0.1, 0.15) is 29.4 Å². The molecule has 2 aromatic carbocycles. The van der Waals surface area contributed by atoms with Crippen LogP contribution in [0.2, 0.25) is 0 Å². The molecule has 1 heterocycles. The number of aromatic nitrogens is 1. The molecule has 0 spiro atoms. The summed E-state index contributed by atoms with van der Waals surface area (Å²) in [4.78, 5) is 66.8. The zero-order valence-electron chi connectivity index (χ0n) is 26.1. The van der Waals surface area contributed by atoms with Crippen molar-refractivity contribution in [3.05, 3.63) is 71.9 Å². The molecule has 0 aliphatic carbocycles. The molecule has 0 radical (unpaired) electrons. The van der Waals surface area contributed by atoms with Crippen LogP contribution >= 0.6 is 24.6 Å². The Kier molecular flexibility index (Phi) is 14.8. The summed E-state index contributed by atoms with van der Waals surface area (Å²) in [5.41, 5.74) is 2.13. The van der Waals surface area contributed by atoms with E-state index in [1.165, 1.54) is 11.9 Å². The third kappa shape index (κ3) is 12.1. The topological polar surface area (TPSA) is 199 Å². The maximum absolute atomic E-state index is 13.1. The van der Waals surface area contributed by atoms with Crippen LogP contribution in [0.15, 0.2) is 60.8 Å². The third-order valence-corrected chi connectivity index (χ3v) is 8.19. The molecule has 15 heteroatoms. The number of pyridine rings is 1. The van der Waals surface area contributed by atoms with Gasteiger partial charge in [-0.05, 0) is 35.6 Å². The molecule has 0 aliphatic rings.